The van der Waals surface area contributed by atoms with E-state index in [2.05, 4.69) is 44.2 Å². The van der Waals surface area contributed by atoms with Crippen molar-refractivity contribution in [3.63, 3.8) is 0 Å². The van der Waals surface area contributed by atoms with Crippen LogP contribution in [0.5, 0.6) is 0 Å². The minimum absolute atomic E-state index is 0.0934. The number of hydrogen-bond donors (Lipinski definition) is 1. The quantitative estimate of drug-likeness (QED) is 0.803. The van der Waals surface area contributed by atoms with Crippen LogP contribution in [0.15, 0.2) is 30.3 Å². The molecule has 0 bridgehead atoms. The third-order valence-electron chi connectivity index (χ3n) is 4.03. The highest BCUT2D eigenvalue weighted by Gasteiger charge is 2.30. The zero-order valence-electron chi connectivity index (χ0n) is 10.4. The van der Waals surface area contributed by atoms with Crippen LogP contribution in [0, 0.1) is 5.92 Å². The van der Waals surface area contributed by atoms with Crippen LogP contribution in [0.25, 0.3) is 0 Å². The molecule has 0 amide bonds. The van der Waals surface area contributed by atoms with Crippen molar-refractivity contribution in [3.05, 3.63) is 35.9 Å². The normalized spacial score (nSPS) is 18.4. The predicted octanol–water partition coefficient (Wildman–Crippen LogP) is 3.48. The van der Waals surface area contributed by atoms with E-state index in [9.17, 15) is 0 Å². The molecule has 1 nitrogen and oxygen atoms in total. The molecule has 1 saturated carbocycles. The van der Waals surface area contributed by atoms with E-state index in [0.717, 1.165) is 12.3 Å². The molecule has 0 aromatic heterocycles. The second-order valence-corrected chi connectivity index (χ2v) is 5.71. The summed E-state index contributed by atoms with van der Waals surface area (Å²) in [6.45, 7) is 4.53. The maximum Gasteiger partial charge on any atom is 0.0131 e. The highest BCUT2D eigenvalue weighted by atomic mass is 14.7. The lowest BCUT2D eigenvalue weighted by atomic mass is 9.76. The topological polar surface area (TPSA) is 26.0 Å². The second kappa shape index (κ2) is 4.58. The van der Waals surface area contributed by atoms with E-state index in [-0.39, 0.29) is 11.5 Å². The van der Waals surface area contributed by atoms with Gasteiger partial charge in [0.25, 0.3) is 0 Å². The van der Waals surface area contributed by atoms with Crippen LogP contribution >= 0.6 is 0 Å². The molecular formula is C15H23N. The summed E-state index contributed by atoms with van der Waals surface area (Å²) >= 11 is 0. The first-order chi connectivity index (χ1) is 7.60. The van der Waals surface area contributed by atoms with Crippen LogP contribution in [0.2, 0.25) is 0 Å². The van der Waals surface area contributed by atoms with E-state index in [1.165, 1.54) is 24.8 Å². The van der Waals surface area contributed by atoms with Crippen molar-refractivity contribution in [2.75, 3.05) is 0 Å². The molecule has 1 aliphatic carbocycles. The maximum atomic E-state index is 6.36. The van der Waals surface area contributed by atoms with Gasteiger partial charge in [0.2, 0.25) is 0 Å². The maximum absolute atomic E-state index is 6.36. The van der Waals surface area contributed by atoms with Crippen LogP contribution in [-0.2, 0) is 5.41 Å². The lowest BCUT2D eigenvalue weighted by Crippen LogP contribution is -2.40. The largest absolute Gasteiger partial charge is 0.327 e. The molecule has 1 aromatic carbocycles. The summed E-state index contributed by atoms with van der Waals surface area (Å²) in [6.07, 6.45) is 5.33. The smallest absolute Gasteiger partial charge is 0.0131 e. The SMILES string of the molecule is CC(C)(c1ccccc1)C(N)CCC1CC1. The average Bonchev–Trinajstić information content (AvgIpc) is 3.11. The minimum atomic E-state index is 0.0934. The third kappa shape index (κ3) is 2.65. The molecule has 1 unspecified atom stereocenters. The molecule has 0 saturated heterocycles. The number of rotatable bonds is 5. The van der Waals surface area contributed by atoms with Gasteiger partial charge >= 0.3 is 0 Å². The summed E-state index contributed by atoms with van der Waals surface area (Å²) in [5, 5.41) is 0. The van der Waals surface area contributed by atoms with Gasteiger partial charge in [-0.1, -0.05) is 57.0 Å². The van der Waals surface area contributed by atoms with Crippen molar-refractivity contribution < 1.29 is 0 Å². The summed E-state index contributed by atoms with van der Waals surface area (Å²) in [5.74, 6) is 0.984. The van der Waals surface area contributed by atoms with Gasteiger partial charge in [0.15, 0.2) is 0 Å². The molecule has 0 spiro atoms. The molecule has 88 valence electrons. The van der Waals surface area contributed by atoms with Gasteiger partial charge < -0.3 is 5.73 Å². The van der Waals surface area contributed by atoms with Crippen LogP contribution < -0.4 is 5.73 Å². The minimum Gasteiger partial charge on any atom is -0.327 e. The lowest BCUT2D eigenvalue weighted by molar-refractivity contribution is 0.374. The van der Waals surface area contributed by atoms with E-state index >= 15 is 0 Å². The first kappa shape index (κ1) is 11.7. The van der Waals surface area contributed by atoms with Gasteiger partial charge in [-0.25, -0.2) is 0 Å². The molecule has 0 radical (unpaired) electrons. The Kier molecular flexibility index (Phi) is 3.34. The van der Waals surface area contributed by atoms with Crippen molar-refractivity contribution in [1.82, 2.24) is 0 Å². The van der Waals surface area contributed by atoms with Gasteiger partial charge in [0, 0.05) is 11.5 Å². The fraction of sp³-hybridized carbons (Fsp3) is 0.600. The summed E-state index contributed by atoms with van der Waals surface area (Å²) in [6, 6.07) is 10.9. The zero-order chi connectivity index (χ0) is 11.6. The third-order valence-corrected chi connectivity index (χ3v) is 4.03. The van der Waals surface area contributed by atoms with Crippen LogP contribution in [0.3, 0.4) is 0 Å². The van der Waals surface area contributed by atoms with Gasteiger partial charge in [-0.05, 0) is 24.3 Å². The Labute approximate surface area is 99.0 Å². The van der Waals surface area contributed by atoms with Crippen LogP contribution in [0.4, 0.5) is 0 Å². The van der Waals surface area contributed by atoms with Crippen molar-refractivity contribution in [1.29, 1.82) is 0 Å². The number of hydrogen-bond acceptors (Lipinski definition) is 1. The fourth-order valence-electron chi connectivity index (χ4n) is 2.26. The molecule has 1 aliphatic rings. The Morgan fingerprint density at radius 1 is 1.25 bits per heavy atom. The Hall–Kier alpha value is -0.820. The number of nitrogens with two attached hydrogens (primary N) is 1. The highest BCUT2D eigenvalue weighted by molar-refractivity contribution is 5.25. The monoisotopic (exact) mass is 217 g/mol. The van der Waals surface area contributed by atoms with Gasteiger partial charge in [0.05, 0.1) is 0 Å². The molecule has 1 heteroatoms. The molecule has 0 aliphatic heterocycles. The average molecular weight is 217 g/mol. The molecule has 1 atom stereocenters. The zero-order valence-corrected chi connectivity index (χ0v) is 10.4. The predicted molar refractivity (Wildman–Crippen MR) is 69.4 cm³/mol. The van der Waals surface area contributed by atoms with Crippen molar-refractivity contribution >= 4 is 0 Å². The standard InChI is InChI=1S/C15H23N/c1-15(2,13-6-4-3-5-7-13)14(16)11-10-12-8-9-12/h3-7,12,14H,8-11,16H2,1-2H3. The molecule has 16 heavy (non-hydrogen) atoms. The van der Waals surface area contributed by atoms with Crippen molar-refractivity contribution in [2.45, 2.75) is 51.0 Å². The molecule has 2 rings (SSSR count). The first-order valence-corrected chi connectivity index (χ1v) is 6.42. The van der Waals surface area contributed by atoms with Gasteiger partial charge in [-0.3, -0.25) is 0 Å². The van der Waals surface area contributed by atoms with Crippen LogP contribution in [-0.4, -0.2) is 6.04 Å². The fourth-order valence-corrected chi connectivity index (χ4v) is 2.26. The Bertz CT molecular complexity index is 325. The van der Waals surface area contributed by atoms with Gasteiger partial charge in [0.1, 0.15) is 0 Å². The summed E-state index contributed by atoms with van der Waals surface area (Å²) in [5.41, 5.74) is 7.81. The van der Waals surface area contributed by atoms with Crippen molar-refractivity contribution in [2.24, 2.45) is 11.7 Å². The Morgan fingerprint density at radius 3 is 2.44 bits per heavy atom. The Morgan fingerprint density at radius 2 is 1.88 bits per heavy atom. The van der Waals surface area contributed by atoms with E-state index in [1.54, 1.807) is 0 Å². The highest BCUT2D eigenvalue weighted by Crippen LogP contribution is 2.36. The van der Waals surface area contributed by atoms with Crippen molar-refractivity contribution in [3.8, 4) is 0 Å². The Balaban J connectivity index is 1.99. The van der Waals surface area contributed by atoms with E-state index in [1.807, 2.05) is 0 Å². The summed E-state index contributed by atoms with van der Waals surface area (Å²) in [7, 11) is 0. The first-order valence-electron chi connectivity index (χ1n) is 6.42. The number of benzene rings is 1. The molecule has 1 aromatic rings. The van der Waals surface area contributed by atoms with Gasteiger partial charge in [-0.15, -0.1) is 0 Å². The molecule has 2 N–H and O–H groups in total. The summed E-state index contributed by atoms with van der Waals surface area (Å²) in [4.78, 5) is 0. The van der Waals surface area contributed by atoms with E-state index < -0.39 is 0 Å². The summed E-state index contributed by atoms with van der Waals surface area (Å²) < 4.78 is 0. The molecular weight excluding hydrogens is 194 g/mol. The van der Waals surface area contributed by atoms with E-state index in [0.29, 0.717) is 0 Å². The van der Waals surface area contributed by atoms with Gasteiger partial charge in [-0.2, -0.15) is 0 Å². The molecule has 0 heterocycles. The van der Waals surface area contributed by atoms with E-state index in [4.69, 9.17) is 5.73 Å². The lowest BCUT2D eigenvalue weighted by Gasteiger charge is -2.32. The molecule has 1 fully saturated rings. The second-order valence-electron chi connectivity index (χ2n) is 5.71. The van der Waals surface area contributed by atoms with Crippen LogP contribution in [0.1, 0.15) is 45.1 Å².